The van der Waals surface area contributed by atoms with E-state index in [9.17, 15) is 4.79 Å². The second kappa shape index (κ2) is 9.25. The van der Waals surface area contributed by atoms with Crippen LogP contribution in [0.5, 0.6) is 5.75 Å². The van der Waals surface area contributed by atoms with E-state index in [-0.39, 0.29) is 5.91 Å². The van der Waals surface area contributed by atoms with Crippen molar-refractivity contribution in [1.82, 2.24) is 16.2 Å². The van der Waals surface area contributed by atoms with E-state index in [2.05, 4.69) is 23.1 Å². The van der Waals surface area contributed by atoms with Gasteiger partial charge in [0.25, 0.3) is 5.91 Å². The van der Waals surface area contributed by atoms with Crippen LogP contribution in [0.15, 0.2) is 18.2 Å². The van der Waals surface area contributed by atoms with Gasteiger partial charge in [-0.05, 0) is 56.6 Å². The molecule has 0 bridgehead atoms. The normalized spacial score (nSPS) is 11.5. The first kappa shape index (κ1) is 18.2. The van der Waals surface area contributed by atoms with Gasteiger partial charge in [0, 0.05) is 6.54 Å². The first-order chi connectivity index (χ1) is 10.5. The number of ether oxygens (including phenoxy) is 1. The Balaban J connectivity index is 2.42. The number of hydrogen-bond donors (Lipinski definition) is 3. The van der Waals surface area contributed by atoms with E-state index in [1.807, 2.05) is 32.0 Å². The van der Waals surface area contributed by atoms with Gasteiger partial charge in [0.2, 0.25) is 0 Å². The Morgan fingerprint density at radius 3 is 2.73 bits per heavy atom. The molecule has 0 saturated carbocycles. The minimum Gasteiger partial charge on any atom is -0.481 e. The van der Waals surface area contributed by atoms with Gasteiger partial charge in [0.15, 0.2) is 11.2 Å². The zero-order chi connectivity index (χ0) is 16.5. The second-order valence-electron chi connectivity index (χ2n) is 5.18. The highest BCUT2D eigenvalue weighted by Gasteiger charge is 2.16. The molecule has 0 aliphatic carbocycles. The molecule has 122 valence electrons. The maximum absolute atomic E-state index is 12.0. The molecule has 0 unspecified atom stereocenters. The number of unbranched alkanes of at least 4 members (excludes halogenated alkanes) is 1. The maximum Gasteiger partial charge on any atom is 0.279 e. The fourth-order valence-corrected chi connectivity index (χ4v) is 1.89. The Labute approximate surface area is 137 Å². The van der Waals surface area contributed by atoms with E-state index < -0.39 is 6.10 Å². The van der Waals surface area contributed by atoms with Crippen molar-refractivity contribution in [2.75, 3.05) is 6.54 Å². The van der Waals surface area contributed by atoms with Crippen molar-refractivity contribution in [2.24, 2.45) is 0 Å². The minimum absolute atomic E-state index is 0.277. The number of thiocarbonyl (C=S) groups is 1. The van der Waals surface area contributed by atoms with Crippen molar-refractivity contribution in [2.45, 2.75) is 46.6 Å². The molecule has 1 atom stereocenters. The Kier molecular flexibility index (Phi) is 7.66. The van der Waals surface area contributed by atoms with Crippen LogP contribution in [-0.4, -0.2) is 23.7 Å². The van der Waals surface area contributed by atoms with Gasteiger partial charge in [-0.1, -0.05) is 25.5 Å². The van der Waals surface area contributed by atoms with Gasteiger partial charge < -0.3 is 10.1 Å². The van der Waals surface area contributed by atoms with Crippen molar-refractivity contribution in [3.63, 3.8) is 0 Å². The summed E-state index contributed by atoms with van der Waals surface area (Å²) in [4.78, 5) is 12.0. The van der Waals surface area contributed by atoms with Gasteiger partial charge in [-0.25, -0.2) is 0 Å². The zero-order valence-corrected chi connectivity index (χ0v) is 14.5. The second-order valence-corrected chi connectivity index (χ2v) is 5.59. The number of benzene rings is 1. The van der Waals surface area contributed by atoms with Gasteiger partial charge in [-0.15, -0.1) is 0 Å². The molecule has 5 nitrogen and oxygen atoms in total. The van der Waals surface area contributed by atoms with Gasteiger partial charge in [-0.3, -0.25) is 15.6 Å². The summed E-state index contributed by atoms with van der Waals surface area (Å²) in [5, 5.41) is 3.41. The van der Waals surface area contributed by atoms with E-state index in [0.29, 0.717) is 10.9 Å². The highest BCUT2D eigenvalue weighted by molar-refractivity contribution is 7.80. The van der Waals surface area contributed by atoms with Crippen LogP contribution in [-0.2, 0) is 4.79 Å². The maximum atomic E-state index is 12.0. The SMILES string of the molecule is CCCCNC(=S)NNC(=O)[C@H](C)Oc1cccc(C)c1C. The number of carbonyl (C=O) groups excluding carboxylic acids is 1. The fourth-order valence-electron chi connectivity index (χ4n) is 1.74. The molecule has 1 amide bonds. The van der Waals surface area contributed by atoms with Crippen LogP contribution in [0.1, 0.15) is 37.8 Å². The molecule has 0 radical (unpaired) electrons. The molecule has 0 fully saturated rings. The standard InChI is InChI=1S/C16H25N3O2S/c1-5-6-10-17-16(22)19-18-15(20)13(4)21-14-9-7-8-11(2)12(14)3/h7-9,13H,5-6,10H2,1-4H3,(H,18,20)(H2,17,19,22)/t13-/m0/s1. The molecule has 0 aromatic heterocycles. The van der Waals surface area contributed by atoms with E-state index in [1.165, 1.54) is 0 Å². The van der Waals surface area contributed by atoms with E-state index in [1.54, 1.807) is 6.92 Å². The summed E-state index contributed by atoms with van der Waals surface area (Å²) in [7, 11) is 0. The summed E-state index contributed by atoms with van der Waals surface area (Å²) < 4.78 is 5.70. The van der Waals surface area contributed by atoms with Crippen LogP contribution in [0, 0.1) is 13.8 Å². The summed E-state index contributed by atoms with van der Waals surface area (Å²) in [6.45, 7) is 8.57. The lowest BCUT2D eigenvalue weighted by molar-refractivity contribution is -0.127. The monoisotopic (exact) mass is 323 g/mol. The third kappa shape index (κ3) is 5.89. The molecule has 0 heterocycles. The van der Waals surface area contributed by atoms with Crippen LogP contribution in [0.2, 0.25) is 0 Å². The smallest absolute Gasteiger partial charge is 0.279 e. The lowest BCUT2D eigenvalue weighted by Crippen LogP contribution is -2.50. The average molecular weight is 323 g/mol. The summed E-state index contributed by atoms with van der Waals surface area (Å²) in [6.07, 6.45) is 1.50. The number of aryl methyl sites for hydroxylation is 1. The van der Waals surface area contributed by atoms with Crippen LogP contribution < -0.4 is 20.9 Å². The predicted molar refractivity (Wildman–Crippen MR) is 92.8 cm³/mol. The minimum atomic E-state index is -0.619. The van der Waals surface area contributed by atoms with E-state index >= 15 is 0 Å². The largest absolute Gasteiger partial charge is 0.481 e. The number of amides is 1. The Hall–Kier alpha value is -1.82. The van der Waals surface area contributed by atoms with Gasteiger partial charge in [0.05, 0.1) is 0 Å². The van der Waals surface area contributed by atoms with Crippen LogP contribution in [0.3, 0.4) is 0 Å². The number of nitrogens with one attached hydrogen (secondary N) is 3. The zero-order valence-electron chi connectivity index (χ0n) is 13.7. The topological polar surface area (TPSA) is 62.4 Å². The average Bonchev–Trinajstić information content (AvgIpc) is 2.49. The first-order valence-corrected chi connectivity index (χ1v) is 7.93. The predicted octanol–water partition coefficient (Wildman–Crippen LogP) is 2.37. The third-order valence-corrected chi connectivity index (χ3v) is 3.59. The number of hydrazine groups is 1. The lowest BCUT2D eigenvalue weighted by atomic mass is 10.1. The van der Waals surface area contributed by atoms with Gasteiger partial charge in [-0.2, -0.15) is 0 Å². The molecule has 1 rings (SSSR count). The molecule has 0 saturated heterocycles. The Morgan fingerprint density at radius 2 is 2.05 bits per heavy atom. The molecule has 1 aromatic carbocycles. The van der Waals surface area contributed by atoms with E-state index in [0.717, 1.165) is 30.5 Å². The van der Waals surface area contributed by atoms with Gasteiger partial charge >= 0.3 is 0 Å². The molecule has 0 aliphatic heterocycles. The highest BCUT2D eigenvalue weighted by Crippen LogP contribution is 2.21. The molecule has 1 aromatic rings. The molecule has 3 N–H and O–H groups in total. The first-order valence-electron chi connectivity index (χ1n) is 7.52. The van der Waals surface area contributed by atoms with Gasteiger partial charge in [0.1, 0.15) is 5.75 Å². The Morgan fingerprint density at radius 1 is 1.32 bits per heavy atom. The summed E-state index contributed by atoms with van der Waals surface area (Å²) in [6, 6.07) is 5.78. The van der Waals surface area contributed by atoms with E-state index in [4.69, 9.17) is 17.0 Å². The number of carbonyl (C=O) groups is 1. The number of rotatable bonds is 6. The molecular formula is C16H25N3O2S. The van der Waals surface area contributed by atoms with Crippen LogP contribution in [0.4, 0.5) is 0 Å². The Bertz CT molecular complexity index is 520. The molecule has 22 heavy (non-hydrogen) atoms. The summed E-state index contributed by atoms with van der Waals surface area (Å²) >= 11 is 5.06. The fraction of sp³-hybridized carbons (Fsp3) is 0.500. The van der Waals surface area contributed by atoms with Crippen LogP contribution in [0.25, 0.3) is 0 Å². The molecule has 0 spiro atoms. The molecule has 6 heteroatoms. The van der Waals surface area contributed by atoms with Crippen LogP contribution >= 0.6 is 12.2 Å². The highest BCUT2D eigenvalue weighted by atomic mass is 32.1. The molecular weight excluding hydrogens is 298 g/mol. The quantitative estimate of drug-likeness (QED) is 0.426. The summed E-state index contributed by atoms with van der Waals surface area (Å²) in [5.74, 6) is 0.437. The lowest BCUT2D eigenvalue weighted by Gasteiger charge is -2.18. The van der Waals surface area contributed by atoms with Crippen molar-refractivity contribution in [1.29, 1.82) is 0 Å². The summed E-state index contributed by atoms with van der Waals surface area (Å²) in [5.41, 5.74) is 7.38. The third-order valence-electron chi connectivity index (χ3n) is 3.34. The number of hydrogen-bond acceptors (Lipinski definition) is 3. The van der Waals surface area contributed by atoms with Crippen molar-refractivity contribution < 1.29 is 9.53 Å². The van der Waals surface area contributed by atoms with Crippen molar-refractivity contribution in [3.8, 4) is 5.75 Å². The van der Waals surface area contributed by atoms with Crippen molar-refractivity contribution >= 4 is 23.2 Å². The van der Waals surface area contributed by atoms with Crippen molar-refractivity contribution in [3.05, 3.63) is 29.3 Å². The molecule has 0 aliphatic rings.